The Labute approximate surface area is 158 Å². The second-order valence-electron chi connectivity index (χ2n) is 6.83. The van der Waals surface area contributed by atoms with Crippen molar-refractivity contribution in [3.05, 3.63) is 54.1 Å². The molecule has 146 valence electrons. The van der Waals surface area contributed by atoms with Crippen molar-refractivity contribution in [1.82, 2.24) is 19.4 Å². The van der Waals surface area contributed by atoms with Gasteiger partial charge in [0.25, 0.3) is 5.91 Å². The predicted octanol–water partition coefficient (Wildman–Crippen LogP) is 3.63. The Morgan fingerprint density at radius 2 is 2.04 bits per heavy atom. The highest BCUT2D eigenvalue weighted by Gasteiger charge is 2.31. The van der Waals surface area contributed by atoms with Gasteiger partial charge >= 0.3 is 6.18 Å². The number of hydrogen-bond acceptors (Lipinski definition) is 4. The third kappa shape index (κ3) is 3.39. The molecule has 1 fully saturated rings. The minimum atomic E-state index is -4.42. The Bertz CT molecular complexity index is 1030. The van der Waals surface area contributed by atoms with Crippen LogP contribution in [0.15, 0.2) is 43.0 Å². The molecule has 1 amide bonds. The van der Waals surface area contributed by atoms with Crippen molar-refractivity contribution in [2.24, 2.45) is 0 Å². The number of aromatic hydroxyl groups is 1. The summed E-state index contributed by atoms with van der Waals surface area (Å²) in [4.78, 5) is 22.3. The van der Waals surface area contributed by atoms with E-state index in [0.29, 0.717) is 24.2 Å². The van der Waals surface area contributed by atoms with E-state index in [9.17, 15) is 23.1 Å². The van der Waals surface area contributed by atoms with E-state index in [-0.39, 0.29) is 23.2 Å². The summed E-state index contributed by atoms with van der Waals surface area (Å²) in [6.07, 6.45) is 1.30. The van der Waals surface area contributed by atoms with Gasteiger partial charge < -0.3 is 14.6 Å². The Morgan fingerprint density at radius 1 is 1.21 bits per heavy atom. The van der Waals surface area contributed by atoms with Crippen LogP contribution in [0.4, 0.5) is 13.2 Å². The van der Waals surface area contributed by atoms with Gasteiger partial charge in [-0.1, -0.05) is 0 Å². The Hall–Kier alpha value is -3.10. The van der Waals surface area contributed by atoms with Crippen molar-refractivity contribution in [2.75, 3.05) is 13.1 Å². The standard InChI is InChI=1S/C19H17F3N4O2/c20-19(21,22)13-3-4-17-16(7-13)24-11-26(17)14-2-1-5-25(10-14)18(28)12-6-15(27)9-23-8-12/h3-4,6-9,11,14,27H,1-2,5,10H2/t14-/m1/s1. The average molecular weight is 390 g/mol. The zero-order valence-electron chi connectivity index (χ0n) is 14.7. The van der Waals surface area contributed by atoms with Crippen LogP contribution in [0.2, 0.25) is 0 Å². The van der Waals surface area contributed by atoms with E-state index in [2.05, 4.69) is 9.97 Å². The van der Waals surface area contributed by atoms with Crippen LogP contribution in [0.25, 0.3) is 11.0 Å². The van der Waals surface area contributed by atoms with Crippen molar-refractivity contribution >= 4 is 16.9 Å². The number of carbonyl (C=O) groups is 1. The molecule has 1 aromatic carbocycles. The average Bonchev–Trinajstić information content (AvgIpc) is 3.10. The first-order chi connectivity index (χ1) is 13.3. The first-order valence-corrected chi connectivity index (χ1v) is 8.80. The van der Waals surface area contributed by atoms with Crippen LogP contribution in [-0.2, 0) is 6.18 Å². The number of hydrogen-bond donors (Lipinski definition) is 1. The number of pyridine rings is 1. The predicted molar refractivity (Wildman–Crippen MR) is 94.8 cm³/mol. The van der Waals surface area contributed by atoms with E-state index in [0.717, 1.165) is 25.0 Å². The monoisotopic (exact) mass is 390 g/mol. The summed E-state index contributed by atoms with van der Waals surface area (Å²) < 4.78 is 40.5. The third-order valence-corrected chi connectivity index (χ3v) is 4.95. The Kier molecular flexibility index (Phi) is 4.44. The SMILES string of the molecule is O=C(c1cncc(O)c1)N1CCC[C@@H](n2cnc3cc(C(F)(F)F)ccc32)C1. The van der Waals surface area contributed by atoms with Gasteiger partial charge in [0.1, 0.15) is 5.75 Å². The zero-order valence-corrected chi connectivity index (χ0v) is 14.7. The molecule has 6 nitrogen and oxygen atoms in total. The summed E-state index contributed by atoms with van der Waals surface area (Å²) in [5.41, 5.74) is 0.440. The van der Waals surface area contributed by atoms with Crippen molar-refractivity contribution in [2.45, 2.75) is 25.1 Å². The number of piperidine rings is 1. The molecule has 1 saturated heterocycles. The fourth-order valence-electron chi connectivity index (χ4n) is 3.59. The maximum Gasteiger partial charge on any atom is 0.416 e. The normalized spacial score (nSPS) is 17.8. The smallest absolute Gasteiger partial charge is 0.416 e. The number of benzene rings is 1. The molecule has 3 aromatic rings. The highest BCUT2D eigenvalue weighted by Crippen LogP contribution is 2.33. The van der Waals surface area contributed by atoms with E-state index >= 15 is 0 Å². The molecule has 1 aliphatic heterocycles. The summed E-state index contributed by atoms with van der Waals surface area (Å²) in [6, 6.07) is 4.78. The molecule has 3 heterocycles. The van der Waals surface area contributed by atoms with Gasteiger partial charge in [0.15, 0.2) is 0 Å². The molecule has 28 heavy (non-hydrogen) atoms. The lowest BCUT2D eigenvalue weighted by atomic mass is 10.0. The zero-order chi connectivity index (χ0) is 19.9. The fraction of sp³-hybridized carbons (Fsp3) is 0.316. The number of rotatable bonds is 2. The number of likely N-dealkylation sites (tertiary alicyclic amines) is 1. The number of fused-ring (bicyclic) bond motifs is 1. The van der Waals surface area contributed by atoms with Gasteiger partial charge in [-0.05, 0) is 37.1 Å². The largest absolute Gasteiger partial charge is 0.506 e. The van der Waals surface area contributed by atoms with Crippen LogP contribution in [0.1, 0.15) is 34.8 Å². The molecule has 0 aliphatic carbocycles. The quantitative estimate of drug-likeness (QED) is 0.725. The molecule has 9 heteroatoms. The number of amides is 1. The summed E-state index contributed by atoms with van der Waals surface area (Å²) in [5, 5.41) is 9.53. The van der Waals surface area contributed by atoms with Crippen LogP contribution in [-0.4, -0.2) is 43.5 Å². The highest BCUT2D eigenvalue weighted by molar-refractivity contribution is 5.94. The van der Waals surface area contributed by atoms with Crippen molar-refractivity contribution < 1.29 is 23.1 Å². The fourth-order valence-corrected chi connectivity index (χ4v) is 3.59. The van der Waals surface area contributed by atoms with Crippen molar-refractivity contribution in [3.63, 3.8) is 0 Å². The maximum absolute atomic E-state index is 12.9. The summed E-state index contributed by atoms with van der Waals surface area (Å²) in [6.45, 7) is 0.969. The molecule has 0 radical (unpaired) electrons. The van der Waals surface area contributed by atoms with Crippen LogP contribution in [0.3, 0.4) is 0 Å². The molecule has 0 saturated carbocycles. The van der Waals surface area contributed by atoms with Gasteiger partial charge in [-0.3, -0.25) is 9.78 Å². The van der Waals surface area contributed by atoms with E-state index in [1.165, 1.54) is 30.9 Å². The molecular weight excluding hydrogens is 373 g/mol. The van der Waals surface area contributed by atoms with E-state index in [4.69, 9.17) is 0 Å². The second kappa shape index (κ2) is 6.81. The number of alkyl halides is 3. The van der Waals surface area contributed by atoms with Crippen molar-refractivity contribution in [1.29, 1.82) is 0 Å². The van der Waals surface area contributed by atoms with Gasteiger partial charge in [0.2, 0.25) is 0 Å². The number of carbonyl (C=O) groups excluding carboxylic acids is 1. The van der Waals surface area contributed by atoms with E-state index in [1.54, 1.807) is 4.90 Å². The summed E-state index contributed by atoms with van der Waals surface area (Å²) >= 11 is 0. The molecule has 0 spiro atoms. The maximum atomic E-state index is 12.9. The molecule has 1 atom stereocenters. The van der Waals surface area contributed by atoms with E-state index < -0.39 is 11.7 Å². The Balaban J connectivity index is 1.59. The van der Waals surface area contributed by atoms with Gasteiger partial charge in [0, 0.05) is 19.3 Å². The number of imidazole rings is 1. The lowest BCUT2D eigenvalue weighted by Gasteiger charge is -2.33. The molecule has 1 aliphatic rings. The lowest BCUT2D eigenvalue weighted by Crippen LogP contribution is -2.40. The van der Waals surface area contributed by atoms with Crippen LogP contribution >= 0.6 is 0 Å². The first-order valence-electron chi connectivity index (χ1n) is 8.80. The Morgan fingerprint density at radius 3 is 2.79 bits per heavy atom. The minimum absolute atomic E-state index is 0.0829. The van der Waals surface area contributed by atoms with E-state index in [1.807, 2.05) is 4.57 Å². The van der Waals surface area contributed by atoms with Crippen molar-refractivity contribution in [3.8, 4) is 5.75 Å². The van der Waals surface area contributed by atoms with Gasteiger partial charge in [-0.2, -0.15) is 13.2 Å². The molecular formula is C19H17F3N4O2. The first kappa shape index (κ1) is 18.3. The molecule has 4 rings (SSSR count). The van der Waals surface area contributed by atoms with Crippen LogP contribution in [0.5, 0.6) is 5.75 Å². The number of nitrogens with zero attached hydrogens (tertiary/aromatic N) is 4. The van der Waals surface area contributed by atoms with Gasteiger partial charge in [0.05, 0.1) is 40.7 Å². The van der Waals surface area contributed by atoms with Crippen LogP contribution < -0.4 is 0 Å². The number of aromatic nitrogens is 3. The summed E-state index contributed by atoms with van der Waals surface area (Å²) in [7, 11) is 0. The third-order valence-electron chi connectivity index (χ3n) is 4.95. The van der Waals surface area contributed by atoms with Crippen LogP contribution in [0, 0.1) is 0 Å². The topological polar surface area (TPSA) is 71.2 Å². The molecule has 1 N–H and O–H groups in total. The van der Waals surface area contributed by atoms with Gasteiger partial charge in [-0.25, -0.2) is 4.98 Å². The molecule has 0 bridgehead atoms. The molecule has 0 unspecified atom stereocenters. The highest BCUT2D eigenvalue weighted by atomic mass is 19.4. The lowest BCUT2D eigenvalue weighted by molar-refractivity contribution is -0.137. The number of halogens is 3. The second-order valence-corrected chi connectivity index (χ2v) is 6.83. The van der Waals surface area contributed by atoms with Gasteiger partial charge in [-0.15, -0.1) is 0 Å². The summed E-state index contributed by atoms with van der Waals surface area (Å²) in [5.74, 6) is -0.322. The minimum Gasteiger partial charge on any atom is -0.506 e. The molecule has 2 aromatic heterocycles.